The number of nitrogens with zero attached hydrogens (tertiary/aromatic N) is 1. The molecule has 0 fully saturated rings. The Kier molecular flexibility index (Phi) is 5.24. The molecule has 8 nitrogen and oxygen atoms in total. The van der Waals surface area contributed by atoms with E-state index in [1.165, 1.54) is 12.1 Å². The highest BCUT2D eigenvalue weighted by atomic mass is 16.3. The number of carbonyl (C=O) groups is 1. The number of aromatic hydroxyl groups is 2. The first-order chi connectivity index (χ1) is 9.01. The number of hydrogen-bond donors (Lipinski definition) is 6. The lowest BCUT2D eigenvalue weighted by Crippen LogP contribution is -2.40. The lowest BCUT2D eigenvalue weighted by Gasteiger charge is -2.07. The molecule has 0 heterocycles. The van der Waals surface area contributed by atoms with Gasteiger partial charge in [-0.2, -0.15) is 5.10 Å². The van der Waals surface area contributed by atoms with E-state index in [1.54, 1.807) is 0 Å². The van der Waals surface area contributed by atoms with E-state index in [-0.39, 0.29) is 22.6 Å². The van der Waals surface area contributed by atoms with E-state index in [2.05, 4.69) is 10.5 Å². The van der Waals surface area contributed by atoms with Gasteiger partial charge in [0.2, 0.25) is 0 Å². The lowest BCUT2D eigenvalue weighted by molar-refractivity contribution is -0.123. The minimum atomic E-state index is -1.08. The average Bonchev–Trinajstić information content (AvgIpc) is 2.40. The monoisotopic (exact) mass is 269 g/mol. The smallest absolute Gasteiger partial charge is 0.259 e. The van der Waals surface area contributed by atoms with Crippen molar-refractivity contribution >= 4 is 12.1 Å². The highest BCUT2D eigenvalue weighted by molar-refractivity contribution is 5.87. The molecule has 0 unspecified atom stereocenters. The SMILES string of the molecule is N[C@@H](CO)C(=O)N/N=C/c1ccc(O)c(CO)c1O. The molecule has 0 aliphatic carbocycles. The molecule has 0 bridgehead atoms. The van der Waals surface area contributed by atoms with Gasteiger partial charge in [0.05, 0.1) is 25.0 Å². The Hall–Kier alpha value is -2.16. The van der Waals surface area contributed by atoms with Crippen LogP contribution in [0.15, 0.2) is 17.2 Å². The zero-order valence-electron chi connectivity index (χ0n) is 9.95. The molecule has 1 rings (SSSR count). The molecule has 1 aromatic rings. The van der Waals surface area contributed by atoms with Crippen molar-refractivity contribution in [1.82, 2.24) is 5.43 Å². The molecule has 1 atom stereocenters. The summed E-state index contributed by atoms with van der Waals surface area (Å²) in [7, 11) is 0. The number of aliphatic hydroxyl groups is 2. The normalized spacial score (nSPS) is 12.6. The maximum Gasteiger partial charge on any atom is 0.259 e. The lowest BCUT2D eigenvalue weighted by atomic mass is 10.1. The van der Waals surface area contributed by atoms with Crippen molar-refractivity contribution in [2.24, 2.45) is 10.8 Å². The van der Waals surface area contributed by atoms with Crippen molar-refractivity contribution in [2.45, 2.75) is 12.6 Å². The number of nitrogens with one attached hydrogen (secondary N) is 1. The number of hydrogen-bond acceptors (Lipinski definition) is 7. The summed E-state index contributed by atoms with van der Waals surface area (Å²) in [4.78, 5) is 11.2. The second-order valence-corrected chi connectivity index (χ2v) is 3.68. The zero-order valence-corrected chi connectivity index (χ0v) is 9.95. The fraction of sp³-hybridized carbons (Fsp3) is 0.273. The number of nitrogens with two attached hydrogens (primary N) is 1. The van der Waals surface area contributed by atoms with E-state index >= 15 is 0 Å². The van der Waals surface area contributed by atoms with Gasteiger partial charge >= 0.3 is 0 Å². The molecule has 0 saturated heterocycles. The van der Waals surface area contributed by atoms with Crippen LogP contribution >= 0.6 is 0 Å². The van der Waals surface area contributed by atoms with Crippen molar-refractivity contribution in [3.63, 3.8) is 0 Å². The van der Waals surface area contributed by atoms with Gasteiger partial charge in [0, 0.05) is 5.56 Å². The van der Waals surface area contributed by atoms with Crippen LogP contribution in [0.2, 0.25) is 0 Å². The van der Waals surface area contributed by atoms with E-state index in [0.717, 1.165) is 6.21 Å². The molecule has 0 radical (unpaired) electrons. The van der Waals surface area contributed by atoms with Gasteiger partial charge in [-0.05, 0) is 12.1 Å². The number of hydrazone groups is 1. The van der Waals surface area contributed by atoms with Crippen molar-refractivity contribution < 1.29 is 25.2 Å². The van der Waals surface area contributed by atoms with Crippen LogP contribution in [-0.4, -0.2) is 45.2 Å². The first kappa shape index (κ1) is 14.9. The van der Waals surface area contributed by atoms with Gasteiger partial charge in [-0.25, -0.2) is 5.43 Å². The molecule has 0 aliphatic rings. The Bertz CT molecular complexity index is 489. The van der Waals surface area contributed by atoms with Crippen LogP contribution in [0.1, 0.15) is 11.1 Å². The minimum absolute atomic E-state index is 0.0395. The third kappa shape index (κ3) is 3.65. The van der Waals surface area contributed by atoms with E-state index in [9.17, 15) is 15.0 Å². The molecule has 0 aromatic heterocycles. The third-order valence-electron chi connectivity index (χ3n) is 2.36. The maximum atomic E-state index is 11.2. The van der Waals surface area contributed by atoms with Crippen molar-refractivity contribution in [2.75, 3.05) is 6.61 Å². The van der Waals surface area contributed by atoms with E-state index in [1.807, 2.05) is 0 Å². The first-order valence-electron chi connectivity index (χ1n) is 5.35. The molecule has 1 amide bonds. The van der Waals surface area contributed by atoms with Crippen molar-refractivity contribution in [3.8, 4) is 11.5 Å². The fourth-order valence-electron chi connectivity index (χ4n) is 1.24. The van der Waals surface area contributed by atoms with Crippen molar-refractivity contribution in [1.29, 1.82) is 0 Å². The quantitative estimate of drug-likeness (QED) is 0.279. The number of aliphatic hydroxyl groups excluding tert-OH is 2. The standard InChI is InChI=1S/C11H15N3O5/c12-8(5-16)11(19)14-13-3-6-1-2-9(17)7(4-15)10(6)18/h1-3,8,15-18H,4-5,12H2,(H,14,19)/b13-3+/t8-/m0/s1. The van der Waals surface area contributed by atoms with Crippen LogP contribution in [0.5, 0.6) is 11.5 Å². The van der Waals surface area contributed by atoms with Gasteiger partial charge in [0.25, 0.3) is 5.91 Å². The number of amides is 1. The summed E-state index contributed by atoms with van der Waals surface area (Å²) in [6.07, 6.45) is 1.12. The maximum absolute atomic E-state index is 11.2. The highest BCUT2D eigenvalue weighted by Crippen LogP contribution is 2.29. The summed E-state index contributed by atoms with van der Waals surface area (Å²) < 4.78 is 0. The molecule has 0 saturated carbocycles. The predicted octanol–water partition coefficient (Wildman–Crippen LogP) is -1.64. The van der Waals surface area contributed by atoms with Gasteiger partial charge in [0.1, 0.15) is 17.5 Å². The van der Waals surface area contributed by atoms with Crippen LogP contribution in [0.3, 0.4) is 0 Å². The van der Waals surface area contributed by atoms with E-state index < -0.39 is 25.2 Å². The Morgan fingerprint density at radius 1 is 1.42 bits per heavy atom. The Balaban J connectivity index is 2.81. The Morgan fingerprint density at radius 3 is 2.68 bits per heavy atom. The Morgan fingerprint density at radius 2 is 2.11 bits per heavy atom. The summed E-state index contributed by atoms with van der Waals surface area (Å²) >= 11 is 0. The number of carbonyl (C=O) groups excluding carboxylic acids is 1. The number of benzene rings is 1. The summed E-state index contributed by atoms with van der Waals surface area (Å²) in [6.45, 7) is -1.05. The van der Waals surface area contributed by atoms with E-state index in [4.69, 9.17) is 15.9 Å². The molecular formula is C11H15N3O5. The second-order valence-electron chi connectivity index (χ2n) is 3.68. The molecule has 0 aliphatic heterocycles. The molecule has 1 aromatic carbocycles. The summed E-state index contributed by atoms with van der Waals surface area (Å²) in [5, 5.41) is 40.2. The van der Waals surface area contributed by atoms with Crippen LogP contribution in [0.25, 0.3) is 0 Å². The van der Waals surface area contributed by atoms with Gasteiger partial charge < -0.3 is 26.2 Å². The van der Waals surface area contributed by atoms with Gasteiger partial charge in [-0.3, -0.25) is 4.79 Å². The topological polar surface area (TPSA) is 148 Å². The minimum Gasteiger partial charge on any atom is -0.507 e. The molecule has 8 heteroatoms. The molecule has 19 heavy (non-hydrogen) atoms. The average molecular weight is 269 g/mol. The van der Waals surface area contributed by atoms with Crippen LogP contribution in [0.4, 0.5) is 0 Å². The molecule has 0 spiro atoms. The van der Waals surface area contributed by atoms with E-state index in [0.29, 0.717) is 0 Å². The predicted molar refractivity (Wildman–Crippen MR) is 66.5 cm³/mol. The van der Waals surface area contributed by atoms with Crippen LogP contribution in [-0.2, 0) is 11.4 Å². The van der Waals surface area contributed by atoms with Crippen LogP contribution in [0, 0.1) is 0 Å². The number of phenols is 2. The highest BCUT2D eigenvalue weighted by Gasteiger charge is 2.12. The molecule has 7 N–H and O–H groups in total. The van der Waals surface area contributed by atoms with Gasteiger partial charge in [-0.1, -0.05) is 0 Å². The third-order valence-corrected chi connectivity index (χ3v) is 2.36. The largest absolute Gasteiger partial charge is 0.507 e. The number of rotatable bonds is 5. The Labute approximate surface area is 108 Å². The molecular weight excluding hydrogens is 254 g/mol. The summed E-state index contributed by atoms with van der Waals surface area (Å²) in [5.41, 5.74) is 7.47. The van der Waals surface area contributed by atoms with Crippen LogP contribution < -0.4 is 11.2 Å². The summed E-state index contributed by atoms with van der Waals surface area (Å²) in [6, 6.07) is 1.54. The van der Waals surface area contributed by atoms with Gasteiger partial charge in [0.15, 0.2) is 0 Å². The van der Waals surface area contributed by atoms with Gasteiger partial charge in [-0.15, -0.1) is 0 Å². The first-order valence-corrected chi connectivity index (χ1v) is 5.35. The molecule has 104 valence electrons. The van der Waals surface area contributed by atoms with Crippen molar-refractivity contribution in [3.05, 3.63) is 23.3 Å². The zero-order chi connectivity index (χ0) is 14.4. The fourth-order valence-corrected chi connectivity index (χ4v) is 1.24. The summed E-state index contributed by atoms with van der Waals surface area (Å²) in [5.74, 6) is -1.27. The second kappa shape index (κ2) is 6.69.